The lowest BCUT2D eigenvalue weighted by atomic mass is 10.2. The Morgan fingerprint density at radius 1 is 1.24 bits per heavy atom. The fourth-order valence-electron chi connectivity index (χ4n) is 2.09. The summed E-state index contributed by atoms with van der Waals surface area (Å²) in [5.41, 5.74) is 0.995. The van der Waals surface area contributed by atoms with Crippen LogP contribution in [0.5, 0.6) is 11.5 Å². The number of nitrogens with one attached hydrogen (secondary N) is 1. The molecule has 2 aromatic rings. The Bertz CT molecular complexity index is 598. The first kappa shape index (κ1) is 16.1. The van der Waals surface area contributed by atoms with Gasteiger partial charge in [-0.25, -0.2) is 0 Å². The normalized spacial score (nSPS) is 10.7. The maximum Gasteiger partial charge on any atom is 0.166 e. The van der Waals surface area contributed by atoms with E-state index in [0.29, 0.717) is 23.9 Å². The number of halogens is 1. The Morgan fingerprint density at radius 2 is 2.00 bits per heavy atom. The third-order valence-electron chi connectivity index (χ3n) is 3.11. The summed E-state index contributed by atoms with van der Waals surface area (Å²) < 4.78 is 11.4. The summed E-state index contributed by atoms with van der Waals surface area (Å²) in [6.07, 6.45) is 1.06. The van der Waals surface area contributed by atoms with Crippen molar-refractivity contribution in [3.05, 3.63) is 44.6 Å². The van der Waals surface area contributed by atoms with E-state index in [1.54, 1.807) is 24.5 Å². The Labute approximate surface area is 134 Å². The molecule has 0 fully saturated rings. The molecule has 1 N–H and O–H groups in total. The first-order chi connectivity index (χ1) is 10.2. The lowest BCUT2D eigenvalue weighted by molar-refractivity contribution is 0.283. The second-order valence-corrected chi connectivity index (χ2v) is 6.33. The molecule has 0 saturated heterocycles. The molecule has 0 aliphatic rings. The molecular weight excluding hydrogens is 306 g/mol. The molecule has 0 aliphatic heterocycles. The molecule has 0 aliphatic carbocycles. The highest BCUT2D eigenvalue weighted by Gasteiger charge is 2.13. The third-order valence-corrected chi connectivity index (χ3v) is 4.53. The van der Waals surface area contributed by atoms with E-state index in [1.807, 2.05) is 13.1 Å². The molecule has 0 unspecified atom stereocenters. The first-order valence-corrected chi connectivity index (χ1v) is 8.08. The van der Waals surface area contributed by atoms with Crippen molar-refractivity contribution in [2.75, 3.05) is 14.2 Å². The van der Waals surface area contributed by atoms with Crippen LogP contribution in [-0.2, 0) is 19.6 Å². The molecule has 0 saturated carbocycles. The van der Waals surface area contributed by atoms with Gasteiger partial charge in [0.25, 0.3) is 0 Å². The number of methoxy groups -OCH3 is 1. The highest BCUT2D eigenvalue weighted by molar-refractivity contribution is 7.11. The summed E-state index contributed by atoms with van der Waals surface area (Å²) in [7, 11) is 3.52. The van der Waals surface area contributed by atoms with Gasteiger partial charge in [-0.2, -0.15) is 0 Å². The number of benzene rings is 1. The van der Waals surface area contributed by atoms with Crippen LogP contribution in [0.25, 0.3) is 0 Å². The quantitative estimate of drug-likeness (QED) is 0.824. The highest BCUT2D eigenvalue weighted by atomic mass is 35.5. The van der Waals surface area contributed by atoms with Gasteiger partial charge in [-0.05, 0) is 31.7 Å². The molecule has 2 rings (SSSR count). The minimum absolute atomic E-state index is 0.541. The molecule has 0 spiro atoms. The van der Waals surface area contributed by atoms with Crippen LogP contribution in [0.15, 0.2) is 24.3 Å². The van der Waals surface area contributed by atoms with Crippen LogP contribution in [-0.4, -0.2) is 14.2 Å². The Hall–Kier alpha value is -1.23. The monoisotopic (exact) mass is 325 g/mol. The number of hydrogen-bond acceptors (Lipinski definition) is 4. The third kappa shape index (κ3) is 4.13. The van der Waals surface area contributed by atoms with Gasteiger partial charge < -0.3 is 14.8 Å². The molecule has 114 valence electrons. The second-order valence-electron chi connectivity index (χ2n) is 4.64. The fourth-order valence-corrected chi connectivity index (χ4v) is 3.20. The van der Waals surface area contributed by atoms with Crippen molar-refractivity contribution < 1.29 is 9.47 Å². The Morgan fingerprint density at radius 3 is 2.62 bits per heavy atom. The van der Waals surface area contributed by atoms with Crippen LogP contribution in [0.1, 0.15) is 22.2 Å². The van der Waals surface area contributed by atoms with Gasteiger partial charge in [-0.1, -0.05) is 18.5 Å². The number of thiophene rings is 1. The van der Waals surface area contributed by atoms with Crippen molar-refractivity contribution in [1.29, 1.82) is 0 Å². The topological polar surface area (TPSA) is 30.5 Å². The van der Waals surface area contributed by atoms with Crippen LogP contribution >= 0.6 is 22.9 Å². The van der Waals surface area contributed by atoms with Crippen LogP contribution in [0.4, 0.5) is 0 Å². The zero-order chi connectivity index (χ0) is 15.2. The summed E-state index contributed by atoms with van der Waals surface area (Å²) in [6, 6.07) is 7.95. The number of rotatable bonds is 7. The van der Waals surface area contributed by atoms with Crippen LogP contribution in [0, 0.1) is 0 Å². The highest BCUT2D eigenvalue weighted by Crippen LogP contribution is 2.35. The van der Waals surface area contributed by atoms with Gasteiger partial charge in [0.1, 0.15) is 6.61 Å². The summed E-state index contributed by atoms with van der Waals surface area (Å²) in [4.78, 5) is 2.58. The summed E-state index contributed by atoms with van der Waals surface area (Å²) in [5, 5.41) is 3.77. The van der Waals surface area contributed by atoms with E-state index < -0.39 is 0 Å². The molecule has 1 aromatic carbocycles. The molecule has 0 amide bonds. The SMILES string of the molecule is CCc1ccc(COc2c(CNC)cc(Cl)cc2OC)s1. The average Bonchev–Trinajstić information content (AvgIpc) is 2.94. The van der Waals surface area contributed by atoms with Crippen molar-refractivity contribution in [3.8, 4) is 11.5 Å². The maximum absolute atomic E-state index is 6.11. The molecule has 3 nitrogen and oxygen atoms in total. The zero-order valence-electron chi connectivity index (χ0n) is 12.5. The molecule has 5 heteroatoms. The van der Waals surface area contributed by atoms with Crippen molar-refractivity contribution in [2.45, 2.75) is 26.5 Å². The lowest BCUT2D eigenvalue weighted by Gasteiger charge is -2.15. The molecule has 0 radical (unpaired) electrons. The predicted molar refractivity (Wildman–Crippen MR) is 88.8 cm³/mol. The van der Waals surface area contributed by atoms with Gasteiger partial charge in [0.05, 0.1) is 7.11 Å². The summed E-state index contributed by atoms with van der Waals surface area (Å²) in [5.74, 6) is 1.42. The van der Waals surface area contributed by atoms with E-state index in [0.717, 1.165) is 17.7 Å². The van der Waals surface area contributed by atoms with Crippen LogP contribution in [0.3, 0.4) is 0 Å². The van der Waals surface area contributed by atoms with Crippen LogP contribution in [0.2, 0.25) is 5.02 Å². The van der Waals surface area contributed by atoms with E-state index in [1.165, 1.54) is 9.75 Å². The maximum atomic E-state index is 6.11. The van der Waals surface area contributed by atoms with Gasteiger partial charge >= 0.3 is 0 Å². The predicted octanol–water partition coefficient (Wildman–Crippen LogP) is 4.27. The summed E-state index contributed by atoms with van der Waals surface area (Å²) >= 11 is 7.89. The van der Waals surface area contributed by atoms with E-state index >= 15 is 0 Å². The first-order valence-electron chi connectivity index (χ1n) is 6.89. The minimum atomic E-state index is 0.541. The number of hydrogen-bond donors (Lipinski definition) is 1. The second kappa shape index (κ2) is 7.69. The minimum Gasteiger partial charge on any atom is -0.493 e. The van der Waals surface area contributed by atoms with E-state index in [9.17, 15) is 0 Å². The van der Waals surface area contributed by atoms with Crippen molar-refractivity contribution in [1.82, 2.24) is 5.32 Å². The van der Waals surface area contributed by atoms with Gasteiger partial charge in [0, 0.05) is 33.0 Å². The van der Waals surface area contributed by atoms with Crippen molar-refractivity contribution in [2.24, 2.45) is 0 Å². The largest absolute Gasteiger partial charge is 0.493 e. The molecule has 0 bridgehead atoms. The van der Waals surface area contributed by atoms with Gasteiger partial charge in [-0.15, -0.1) is 11.3 Å². The number of ether oxygens (including phenoxy) is 2. The molecule has 21 heavy (non-hydrogen) atoms. The molecular formula is C16H20ClNO2S. The number of aryl methyl sites for hydroxylation is 1. The van der Waals surface area contributed by atoms with Gasteiger partial charge in [0.2, 0.25) is 0 Å². The van der Waals surface area contributed by atoms with E-state index in [2.05, 4.69) is 24.4 Å². The standard InChI is InChI=1S/C16H20ClNO2S/c1-4-13-5-6-14(21-13)10-20-16-11(9-18-2)7-12(17)8-15(16)19-3/h5-8,18H,4,9-10H2,1-3H3. The summed E-state index contributed by atoms with van der Waals surface area (Å²) in [6.45, 7) is 3.37. The smallest absolute Gasteiger partial charge is 0.166 e. The Kier molecular flexibility index (Phi) is 5.91. The molecule has 1 aromatic heterocycles. The van der Waals surface area contributed by atoms with E-state index in [4.69, 9.17) is 21.1 Å². The van der Waals surface area contributed by atoms with Crippen LogP contribution < -0.4 is 14.8 Å². The Balaban J connectivity index is 2.20. The van der Waals surface area contributed by atoms with Crippen molar-refractivity contribution >= 4 is 22.9 Å². The average molecular weight is 326 g/mol. The molecule has 0 atom stereocenters. The van der Waals surface area contributed by atoms with E-state index in [-0.39, 0.29) is 0 Å². The van der Waals surface area contributed by atoms with Crippen molar-refractivity contribution in [3.63, 3.8) is 0 Å². The lowest BCUT2D eigenvalue weighted by Crippen LogP contribution is -2.08. The fraction of sp³-hybridized carbons (Fsp3) is 0.375. The van der Waals surface area contributed by atoms with Gasteiger partial charge in [-0.3, -0.25) is 0 Å². The molecule has 1 heterocycles. The zero-order valence-corrected chi connectivity index (χ0v) is 14.1. The van der Waals surface area contributed by atoms with Gasteiger partial charge in [0.15, 0.2) is 11.5 Å².